The Morgan fingerprint density at radius 2 is 2.05 bits per heavy atom. The molecule has 0 radical (unpaired) electrons. The van der Waals surface area contributed by atoms with E-state index in [1.807, 2.05) is 0 Å². The van der Waals surface area contributed by atoms with Gasteiger partial charge in [-0.3, -0.25) is 4.79 Å². The minimum atomic E-state index is -0.591. The predicted octanol–water partition coefficient (Wildman–Crippen LogP) is 3.54. The molecule has 21 heavy (non-hydrogen) atoms. The number of nitrogens with two attached hydrogens (primary N) is 1. The normalized spacial score (nSPS) is 11.5. The highest BCUT2D eigenvalue weighted by Gasteiger charge is 2.17. The van der Waals surface area contributed by atoms with E-state index in [4.69, 9.17) is 34.1 Å². The van der Waals surface area contributed by atoms with Crippen LogP contribution in [-0.2, 0) is 0 Å². The lowest BCUT2D eigenvalue weighted by Crippen LogP contribution is -2.19. The average Bonchev–Trinajstić information content (AvgIpc) is 2.78. The van der Waals surface area contributed by atoms with Gasteiger partial charge in [-0.05, 0) is 24.3 Å². The molecule has 4 N–H and O–H groups in total. The Labute approximate surface area is 132 Å². The molecule has 0 unspecified atom stereocenters. The third kappa shape index (κ3) is 3.44. The number of carbonyl (C=O) groups excluding carboxylic acids is 1. The molecule has 0 fully saturated rings. The molecular weight excluding hydrogens is 340 g/mol. The largest absolute Gasteiger partial charge is 0.409 e. The van der Waals surface area contributed by atoms with E-state index in [1.54, 1.807) is 0 Å². The van der Waals surface area contributed by atoms with Crippen LogP contribution in [0, 0.1) is 5.82 Å². The van der Waals surface area contributed by atoms with Crippen LogP contribution in [0.5, 0.6) is 0 Å². The molecule has 0 saturated heterocycles. The molecule has 0 atom stereocenters. The molecule has 0 bridgehead atoms. The van der Waals surface area contributed by atoms with Crippen molar-refractivity contribution in [2.45, 2.75) is 0 Å². The molecule has 1 aromatic heterocycles. The van der Waals surface area contributed by atoms with Crippen molar-refractivity contribution in [3.8, 4) is 0 Å². The Hall–Kier alpha value is -1.83. The zero-order valence-corrected chi connectivity index (χ0v) is 12.6. The molecule has 0 aliphatic heterocycles. The van der Waals surface area contributed by atoms with Crippen molar-refractivity contribution in [1.82, 2.24) is 0 Å². The molecule has 9 heteroatoms. The van der Waals surface area contributed by atoms with Crippen molar-refractivity contribution in [2.24, 2.45) is 10.9 Å². The topological polar surface area (TPSA) is 87.7 Å². The van der Waals surface area contributed by atoms with Crippen molar-refractivity contribution >= 4 is 52.0 Å². The Balaban J connectivity index is 2.35. The molecule has 5 nitrogen and oxygen atoms in total. The second-order valence-electron chi connectivity index (χ2n) is 3.87. The number of oxime groups is 1. The summed E-state index contributed by atoms with van der Waals surface area (Å²) in [4.78, 5) is 12.1. The van der Waals surface area contributed by atoms with Gasteiger partial charge in [-0.2, -0.15) is 0 Å². The average molecular weight is 348 g/mol. The standard InChI is InChI=1S/C12H8Cl2FN3O2S/c13-9-4-7(10(14)21-9)12(19)17-8-2-1-5(15)3-6(8)11(16)18-20/h1-4,20H,(H2,16,18)(H,17,19). The SMILES string of the molecule is N/C(=N/O)c1cc(F)ccc1NC(=O)c1cc(Cl)sc1Cl. The number of amidine groups is 1. The Morgan fingerprint density at radius 1 is 1.33 bits per heavy atom. The third-order valence-electron chi connectivity index (χ3n) is 2.51. The number of rotatable bonds is 3. The molecule has 2 rings (SSSR count). The van der Waals surface area contributed by atoms with Gasteiger partial charge in [-0.1, -0.05) is 28.4 Å². The summed E-state index contributed by atoms with van der Waals surface area (Å²) in [5.74, 6) is -1.47. The first-order valence-electron chi connectivity index (χ1n) is 5.46. The molecule has 0 spiro atoms. The van der Waals surface area contributed by atoms with E-state index >= 15 is 0 Å². The Bertz CT molecular complexity index is 733. The maximum Gasteiger partial charge on any atom is 0.258 e. The molecule has 110 valence electrons. The number of benzene rings is 1. The smallest absolute Gasteiger partial charge is 0.258 e. The van der Waals surface area contributed by atoms with Crippen LogP contribution in [0.25, 0.3) is 0 Å². The van der Waals surface area contributed by atoms with Gasteiger partial charge in [0.25, 0.3) is 5.91 Å². The molecule has 1 heterocycles. The first-order valence-corrected chi connectivity index (χ1v) is 7.03. The van der Waals surface area contributed by atoms with E-state index in [0.717, 1.165) is 23.5 Å². The molecule has 0 saturated carbocycles. The quantitative estimate of drug-likeness (QED) is 0.343. The van der Waals surface area contributed by atoms with Crippen LogP contribution in [-0.4, -0.2) is 17.0 Å². The summed E-state index contributed by atoms with van der Waals surface area (Å²) in [6, 6.07) is 4.87. The summed E-state index contributed by atoms with van der Waals surface area (Å²) < 4.78 is 13.8. The number of hydrogen-bond donors (Lipinski definition) is 3. The highest BCUT2D eigenvalue weighted by atomic mass is 35.5. The molecule has 1 aromatic carbocycles. The number of nitrogens with one attached hydrogen (secondary N) is 1. The lowest BCUT2D eigenvalue weighted by Gasteiger charge is -2.10. The highest BCUT2D eigenvalue weighted by Crippen LogP contribution is 2.31. The highest BCUT2D eigenvalue weighted by molar-refractivity contribution is 7.20. The van der Waals surface area contributed by atoms with Crippen molar-refractivity contribution in [3.63, 3.8) is 0 Å². The first-order chi connectivity index (χ1) is 9.92. The maximum atomic E-state index is 13.2. The fourth-order valence-electron chi connectivity index (χ4n) is 1.58. The van der Waals surface area contributed by atoms with Gasteiger partial charge in [-0.25, -0.2) is 4.39 Å². The fraction of sp³-hybridized carbons (Fsp3) is 0. The van der Waals surface area contributed by atoms with Gasteiger partial charge in [0, 0.05) is 5.56 Å². The van der Waals surface area contributed by atoms with Gasteiger partial charge in [0.2, 0.25) is 0 Å². The van der Waals surface area contributed by atoms with Crippen LogP contribution >= 0.6 is 34.5 Å². The summed E-state index contributed by atoms with van der Waals surface area (Å²) in [5.41, 5.74) is 5.85. The van der Waals surface area contributed by atoms with Crippen LogP contribution in [0.1, 0.15) is 15.9 Å². The number of anilines is 1. The number of nitrogens with zero attached hydrogens (tertiary/aromatic N) is 1. The van der Waals surface area contributed by atoms with Crippen LogP contribution in [0.2, 0.25) is 8.67 Å². The first kappa shape index (κ1) is 15.6. The Morgan fingerprint density at radius 3 is 2.62 bits per heavy atom. The summed E-state index contributed by atoms with van der Waals surface area (Å²) in [5, 5.41) is 14.0. The van der Waals surface area contributed by atoms with Crippen molar-refractivity contribution in [3.05, 3.63) is 49.9 Å². The number of carbonyl (C=O) groups is 1. The maximum absolute atomic E-state index is 13.2. The van der Waals surface area contributed by atoms with E-state index in [9.17, 15) is 9.18 Å². The molecule has 1 amide bonds. The second kappa shape index (κ2) is 6.30. The van der Waals surface area contributed by atoms with Gasteiger partial charge in [0.15, 0.2) is 5.84 Å². The number of amides is 1. The van der Waals surface area contributed by atoms with Crippen LogP contribution in [0.4, 0.5) is 10.1 Å². The van der Waals surface area contributed by atoms with E-state index in [-0.39, 0.29) is 27.0 Å². The summed E-state index contributed by atoms with van der Waals surface area (Å²) >= 11 is 12.7. The molecule has 0 aliphatic carbocycles. The Kier molecular flexibility index (Phi) is 4.66. The minimum absolute atomic E-state index is 0.0447. The molecular formula is C12H8Cl2FN3O2S. The number of hydrogen-bond acceptors (Lipinski definition) is 4. The van der Waals surface area contributed by atoms with Crippen LogP contribution in [0.15, 0.2) is 29.4 Å². The van der Waals surface area contributed by atoms with Crippen LogP contribution in [0.3, 0.4) is 0 Å². The van der Waals surface area contributed by atoms with Crippen molar-refractivity contribution in [2.75, 3.05) is 5.32 Å². The molecule has 2 aromatic rings. The van der Waals surface area contributed by atoms with Crippen LogP contribution < -0.4 is 11.1 Å². The fourth-order valence-corrected chi connectivity index (χ4v) is 3.03. The van der Waals surface area contributed by atoms with E-state index in [2.05, 4.69) is 10.5 Å². The summed E-state index contributed by atoms with van der Waals surface area (Å²) in [6.07, 6.45) is 0. The minimum Gasteiger partial charge on any atom is -0.409 e. The van der Waals surface area contributed by atoms with Gasteiger partial charge in [-0.15, -0.1) is 11.3 Å². The van der Waals surface area contributed by atoms with Gasteiger partial charge in [0.1, 0.15) is 10.2 Å². The summed E-state index contributed by atoms with van der Waals surface area (Å²) in [7, 11) is 0. The monoisotopic (exact) mass is 347 g/mol. The van der Waals surface area contributed by atoms with E-state index < -0.39 is 11.7 Å². The van der Waals surface area contributed by atoms with Gasteiger partial charge < -0.3 is 16.3 Å². The second-order valence-corrected chi connectivity index (χ2v) is 6.15. The molecule has 0 aliphatic rings. The third-order valence-corrected chi connectivity index (χ3v) is 4.00. The van der Waals surface area contributed by atoms with Gasteiger partial charge >= 0.3 is 0 Å². The number of halogens is 3. The number of thiophene rings is 1. The van der Waals surface area contributed by atoms with Crippen molar-refractivity contribution in [1.29, 1.82) is 0 Å². The lowest BCUT2D eigenvalue weighted by molar-refractivity contribution is 0.102. The van der Waals surface area contributed by atoms with E-state index in [0.29, 0.717) is 4.34 Å². The predicted molar refractivity (Wildman–Crippen MR) is 81.2 cm³/mol. The lowest BCUT2D eigenvalue weighted by atomic mass is 10.1. The van der Waals surface area contributed by atoms with Crippen molar-refractivity contribution < 1.29 is 14.4 Å². The zero-order valence-electron chi connectivity index (χ0n) is 10.2. The van der Waals surface area contributed by atoms with Gasteiger partial charge in [0.05, 0.1) is 15.6 Å². The van der Waals surface area contributed by atoms with E-state index in [1.165, 1.54) is 12.1 Å². The summed E-state index contributed by atoms with van der Waals surface area (Å²) in [6.45, 7) is 0. The zero-order chi connectivity index (χ0) is 15.6.